The van der Waals surface area contributed by atoms with E-state index in [0.29, 0.717) is 28.1 Å². The maximum Gasteiger partial charge on any atom is 0.257 e. The van der Waals surface area contributed by atoms with Crippen molar-refractivity contribution in [1.29, 1.82) is 0 Å². The zero-order valence-corrected chi connectivity index (χ0v) is 15.1. The topological polar surface area (TPSA) is 114 Å². The number of nitrogens with zero attached hydrogens (tertiary/aromatic N) is 3. The molecule has 1 amide bonds. The van der Waals surface area contributed by atoms with Gasteiger partial charge in [-0.2, -0.15) is 4.98 Å². The average molecular weight is 371 g/mol. The number of benzene rings is 1. The van der Waals surface area contributed by atoms with Gasteiger partial charge in [-0.1, -0.05) is 35.1 Å². The molecule has 1 aromatic carbocycles. The molecule has 2 N–H and O–H groups in total. The third kappa shape index (κ3) is 4.17. The summed E-state index contributed by atoms with van der Waals surface area (Å²) >= 11 is 1.34. The first-order chi connectivity index (χ1) is 12.6. The number of thioether (sulfide) groups is 1. The second-order valence-electron chi connectivity index (χ2n) is 5.47. The first kappa shape index (κ1) is 17.9. The van der Waals surface area contributed by atoms with Gasteiger partial charge in [0.2, 0.25) is 5.91 Å². The van der Waals surface area contributed by atoms with Crippen molar-refractivity contribution in [3.05, 3.63) is 57.8 Å². The lowest BCUT2D eigenvalue weighted by molar-refractivity contribution is -0.120. The Morgan fingerprint density at radius 1 is 1.27 bits per heavy atom. The molecule has 3 aromatic rings. The fourth-order valence-corrected chi connectivity index (χ4v) is 2.74. The molecule has 0 atom stereocenters. The van der Waals surface area contributed by atoms with Crippen molar-refractivity contribution >= 4 is 17.7 Å². The molecule has 9 heteroatoms. The second-order valence-corrected chi connectivity index (χ2v) is 6.27. The van der Waals surface area contributed by atoms with Crippen LogP contribution in [0.2, 0.25) is 0 Å². The van der Waals surface area contributed by atoms with Crippen molar-refractivity contribution in [2.75, 3.05) is 6.26 Å². The fraction of sp³-hybridized carbons (Fsp3) is 0.235. The molecular formula is C17H17N5O3S. The summed E-state index contributed by atoms with van der Waals surface area (Å²) in [6, 6.07) is 9.35. The minimum absolute atomic E-state index is 0.0633. The van der Waals surface area contributed by atoms with Gasteiger partial charge in [0.05, 0.1) is 13.0 Å². The van der Waals surface area contributed by atoms with E-state index >= 15 is 0 Å². The van der Waals surface area contributed by atoms with Crippen LogP contribution in [-0.2, 0) is 17.8 Å². The summed E-state index contributed by atoms with van der Waals surface area (Å²) in [5.41, 5.74) is 1.39. The van der Waals surface area contributed by atoms with E-state index in [4.69, 9.17) is 4.52 Å². The summed E-state index contributed by atoms with van der Waals surface area (Å²) in [5.74, 6) is 0.432. The minimum atomic E-state index is -0.316. The maximum absolute atomic E-state index is 12.1. The molecule has 0 saturated heterocycles. The van der Waals surface area contributed by atoms with Crippen molar-refractivity contribution < 1.29 is 9.32 Å². The van der Waals surface area contributed by atoms with Crippen molar-refractivity contribution in [3.8, 4) is 11.5 Å². The van der Waals surface area contributed by atoms with Gasteiger partial charge in [0.25, 0.3) is 11.4 Å². The smallest absolute Gasteiger partial charge is 0.257 e. The number of hydrogen-bond acceptors (Lipinski definition) is 7. The van der Waals surface area contributed by atoms with Crippen molar-refractivity contribution in [3.63, 3.8) is 0 Å². The first-order valence-corrected chi connectivity index (χ1v) is 9.07. The van der Waals surface area contributed by atoms with Crippen LogP contribution >= 0.6 is 11.8 Å². The van der Waals surface area contributed by atoms with Gasteiger partial charge in [-0.05, 0) is 25.3 Å². The van der Waals surface area contributed by atoms with Crippen molar-refractivity contribution in [1.82, 2.24) is 25.4 Å². The highest BCUT2D eigenvalue weighted by atomic mass is 32.2. The number of aromatic nitrogens is 4. The summed E-state index contributed by atoms with van der Waals surface area (Å²) in [4.78, 5) is 35.3. The number of amides is 1. The largest absolute Gasteiger partial charge is 0.348 e. The Labute approximate surface area is 153 Å². The molecule has 26 heavy (non-hydrogen) atoms. The van der Waals surface area contributed by atoms with Gasteiger partial charge in [-0.25, -0.2) is 4.98 Å². The van der Waals surface area contributed by atoms with E-state index in [2.05, 4.69) is 25.4 Å². The van der Waals surface area contributed by atoms with E-state index in [0.717, 1.165) is 5.56 Å². The normalized spacial score (nSPS) is 10.7. The fourth-order valence-electron chi connectivity index (χ4n) is 2.31. The number of carbonyl (C=O) groups excluding carboxylic acids is 1. The Hall–Kier alpha value is -2.94. The molecule has 0 bridgehead atoms. The summed E-state index contributed by atoms with van der Waals surface area (Å²) in [5, 5.41) is 7.06. The number of hydrogen-bond donors (Lipinski definition) is 2. The molecule has 0 fully saturated rings. The van der Waals surface area contributed by atoms with E-state index in [1.165, 1.54) is 11.8 Å². The molecule has 0 aliphatic rings. The van der Waals surface area contributed by atoms with E-state index in [9.17, 15) is 9.59 Å². The molecule has 0 spiro atoms. The predicted octanol–water partition coefficient (Wildman–Crippen LogP) is 1.71. The monoisotopic (exact) mass is 371 g/mol. The molecule has 2 heterocycles. The van der Waals surface area contributed by atoms with Gasteiger partial charge in [0.1, 0.15) is 0 Å². The Bertz CT molecular complexity index is 968. The lowest BCUT2D eigenvalue weighted by atomic mass is 10.1. The predicted molar refractivity (Wildman–Crippen MR) is 96.7 cm³/mol. The second kappa shape index (κ2) is 7.96. The average Bonchev–Trinajstić information content (AvgIpc) is 3.12. The van der Waals surface area contributed by atoms with Crippen LogP contribution in [0.4, 0.5) is 0 Å². The van der Waals surface area contributed by atoms with Gasteiger partial charge in [-0.3, -0.25) is 9.59 Å². The van der Waals surface area contributed by atoms with Crippen LogP contribution in [-0.4, -0.2) is 32.3 Å². The molecule has 0 unspecified atom stereocenters. The Morgan fingerprint density at radius 3 is 2.73 bits per heavy atom. The van der Waals surface area contributed by atoms with Crippen LogP contribution in [0, 0.1) is 6.92 Å². The van der Waals surface area contributed by atoms with Gasteiger partial charge in [-0.15, -0.1) is 0 Å². The molecular weight excluding hydrogens is 354 g/mol. The van der Waals surface area contributed by atoms with Crippen LogP contribution in [0.15, 0.2) is 44.8 Å². The van der Waals surface area contributed by atoms with Gasteiger partial charge in [0.15, 0.2) is 11.0 Å². The zero-order valence-electron chi connectivity index (χ0n) is 14.3. The maximum atomic E-state index is 12.1. The van der Waals surface area contributed by atoms with Crippen LogP contribution in [0.1, 0.15) is 17.1 Å². The molecule has 0 aliphatic heterocycles. The van der Waals surface area contributed by atoms with Crippen LogP contribution in [0.25, 0.3) is 11.5 Å². The van der Waals surface area contributed by atoms with Crippen LogP contribution in [0.5, 0.6) is 0 Å². The number of nitrogens with one attached hydrogen (secondary N) is 2. The SMILES string of the molecule is CSc1nc(C)c(CC(=O)NCc2noc(-c3ccccc3)n2)c(=O)[nH]1. The minimum Gasteiger partial charge on any atom is -0.348 e. The highest BCUT2D eigenvalue weighted by Crippen LogP contribution is 2.15. The number of aromatic amines is 1. The van der Waals surface area contributed by atoms with Crippen LogP contribution in [0.3, 0.4) is 0 Å². The lowest BCUT2D eigenvalue weighted by Crippen LogP contribution is -2.29. The highest BCUT2D eigenvalue weighted by molar-refractivity contribution is 7.98. The van der Waals surface area contributed by atoms with Crippen LogP contribution < -0.4 is 10.9 Å². The quantitative estimate of drug-likeness (QED) is 0.501. The van der Waals surface area contributed by atoms with E-state index in [1.54, 1.807) is 6.92 Å². The first-order valence-electron chi connectivity index (χ1n) is 7.85. The van der Waals surface area contributed by atoms with Crippen molar-refractivity contribution in [2.24, 2.45) is 0 Å². The van der Waals surface area contributed by atoms with E-state index in [1.807, 2.05) is 36.6 Å². The number of carbonyl (C=O) groups is 1. The molecule has 8 nitrogen and oxygen atoms in total. The molecule has 134 valence electrons. The number of rotatable bonds is 6. The Morgan fingerprint density at radius 2 is 2.04 bits per heavy atom. The standard InChI is InChI=1S/C17H17N5O3S/c1-10-12(15(24)21-17(19-10)26-2)8-14(23)18-9-13-20-16(25-22-13)11-6-4-3-5-7-11/h3-7H,8-9H2,1-2H3,(H,18,23)(H,19,21,24). The Kier molecular flexibility index (Phi) is 5.47. The molecule has 3 rings (SSSR count). The Balaban J connectivity index is 1.62. The molecule has 0 aliphatic carbocycles. The van der Waals surface area contributed by atoms with Gasteiger partial charge < -0.3 is 14.8 Å². The summed E-state index contributed by atoms with van der Waals surface area (Å²) in [7, 11) is 0. The van der Waals surface area contributed by atoms with E-state index in [-0.39, 0.29) is 24.4 Å². The molecule has 0 saturated carbocycles. The third-order valence-corrected chi connectivity index (χ3v) is 4.24. The molecule has 2 aromatic heterocycles. The van der Waals surface area contributed by atoms with Gasteiger partial charge >= 0.3 is 0 Å². The summed E-state index contributed by atoms with van der Waals surface area (Å²) in [6.45, 7) is 1.82. The van der Waals surface area contributed by atoms with Crippen molar-refractivity contribution in [2.45, 2.75) is 25.0 Å². The lowest BCUT2D eigenvalue weighted by Gasteiger charge is -2.06. The summed E-state index contributed by atoms with van der Waals surface area (Å²) in [6.07, 6.45) is 1.75. The highest BCUT2D eigenvalue weighted by Gasteiger charge is 2.14. The van der Waals surface area contributed by atoms with Gasteiger partial charge in [0, 0.05) is 16.8 Å². The zero-order chi connectivity index (χ0) is 18.5. The molecule has 0 radical (unpaired) electrons. The van der Waals surface area contributed by atoms with E-state index < -0.39 is 0 Å². The number of H-pyrrole nitrogens is 1. The summed E-state index contributed by atoms with van der Waals surface area (Å²) < 4.78 is 5.19. The number of aryl methyl sites for hydroxylation is 1. The third-order valence-electron chi connectivity index (χ3n) is 3.66.